The molecule has 182 valence electrons. The van der Waals surface area contributed by atoms with Crippen molar-refractivity contribution in [2.45, 2.75) is 66.5 Å². The molecule has 0 radical (unpaired) electrons. The summed E-state index contributed by atoms with van der Waals surface area (Å²) in [6.07, 6.45) is 1.14. The molecular formula is C24H35F2N5O2. The van der Waals surface area contributed by atoms with Crippen LogP contribution in [0.3, 0.4) is 0 Å². The molecule has 1 aliphatic heterocycles. The molecule has 0 saturated carbocycles. The lowest BCUT2D eigenvalue weighted by Gasteiger charge is -2.45. The molecule has 1 saturated heterocycles. The van der Waals surface area contributed by atoms with Crippen LogP contribution >= 0.6 is 0 Å². The Hall–Kier alpha value is -2.99. The van der Waals surface area contributed by atoms with Gasteiger partial charge < -0.3 is 15.0 Å². The molecular weight excluding hydrogens is 428 g/mol. The van der Waals surface area contributed by atoms with Crippen molar-refractivity contribution >= 4 is 11.5 Å². The fourth-order valence-electron chi connectivity index (χ4n) is 3.28. The van der Waals surface area contributed by atoms with Crippen LogP contribution in [-0.4, -0.2) is 35.2 Å². The number of anilines is 1. The van der Waals surface area contributed by atoms with E-state index in [1.165, 1.54) is 13.2 Å². The Balaban J connectivity index is 0.00000129. The highest BCUT2D eigenvalue weighted by Gasteiger charge is 2.45. The van der Waals surface area contributed by atoms with Gasteiger partial charge in [0.2, 0.25) is 0 Å². The van der Waals surface area contributed by atoms with Crippen molar-refractivity contribution in [3.8, 4) is 6.07 Å². The second-order valence-electron chi connectivity index (χ2n) is 7.50. The Kier molecular flexibility index (Phi) is 9.55. The van der Waals surface area contributed by atoms with Gasteiger partial charge >= 0.3 is 0 Å². The average molecular weight is 464 g/mol. The second-order valence-corrected chi connectivity index (χ2v) is 7.50. The lowest BCUT2D eigenvalue weighted by atomic mass is 9.95. The molecule has 0 atom stereocenters. The van der Waals surface area contributed by atoms with Gasteiger partial charge in [0.1, 0.15) is 17.5 Å². The van der Waals surface area contributed by atoms with Crippen LogP contribution in [0.2, 0.25) is 0 Å². The van der Waals surface area contributed by atoms with Crippen LogP contribution < -0.4 is 15.8 Å². The summed E-state index contributed by atoms with van der Waals surface area (Å²) in [5, 5.41) is 12.3. The van der Waals surface area contributed by atoms with E-state index in [9.17, 15) is 18.8 Å². The molecule has 1 fully saturated rings. The maximum atomic E-state index is 14.0. The van der Waals surface area contributed by atoms with E-state index < -0.39 is 17.1 Å². The molecule has 1 N–H and O–H groups in total. The first-order chi connectivity index (χ1) is 15.5. The molecule has 9 heteroatoms. The van der Waals surface area contributed by atoms with Gasteiger partial charge in [-0.15, -0.1) is 0 Å². The van der Waals surface area contributed by atoms with Crippen LogP contribution in [0.5, 0.6) is 0 Å². The zero-order valence-corrected chi connectivity index (χ0v) is 20.8. The Morgan fingerprint density at radius 1 is 1.36 bits per heavy atom. The van der Waals surface area contributed by atoms with Crippen molar-refractivity contribution in [2.75, 3.05) is 25.1 Å². The normalized spacial score (nSPS) is 14.2. The maximum absolute atomic E-state index is 14.0. The lowest BCUT2D eigenvalue weighted by Crippen LogP contribution is -2.63. The summed E-state index contributed by atoms with van der Waals surface area (Å²) < 4.78 is 34.4. The third kappa shape index (κ3) is 5.88. The minimum atomic E-state index is -3.11. The number of nitrogens with zero attached hydrogens (tertiary/aromatic N) is 4. The molecule has 33 heavy (non-hydrogen) atoms. The highest BCUT2D eigenvalue weighted by molar-refractivity contribution is 5.60. The predicted molar refractivity (Wildman–Crippen MR) is 128 cm³/mol. The van der Waals surface area contributed by atoms with Crippen molar-refractivity contribution in [3.05, 3.63) is 51.6 Å². The first kappa shape index (κ1) is 28.0. The average Bonchev–Trinajstić information content (AvgIpc) is 2.77. The topological polar surface area (TPSA) is 82.7 Å². The zero-order valence-electron chi connectivity index (χ0n) is 20.8. The molecule has 0 unspecified atom stereocenters. The number of nitrogens with one attached hydrogen (secondary N) is 1. The van der Waals surface area contributed by atoms with Crippen LogP contribution in [0.4, 0.5) is 14.6 Å². The number of aromatic nitrogens is 2. The number of ether oxygens (including phenoxy) is 1. The van der Waals surface area contributed by atoms with Crippen molar-refractivity contribution in [1.29, 1.82) is 5.26 Å². The Labute approximate surface area is 194 Å². The molecule has 0 bridgehead atoms. The Morgan fingerprint density at radius 3 is 2.39 bits per heavy atom. The van der Waals surface area contributed by atoms with Gasteiger partial charge in [-0.3, -0.25) is 9.20 Å². The number of fused-ring (bicyclic) bond motifs is 1. The summed E-state index contributed by atoms with van der Waals surface area (Å²) in [6, 6.07) is 3.47. The Bertz CT molecular complexity index is 1080. The summed E-state index contributed by atoms with van der Waals surface area (Å²) in [4.78, 5) is 19.4. The van der Waals surface area contributed by atoms with Crippen molar-refractivity contribution in [2.24, 2.45) is 0 Å². The molecule has 2 aromatic rings. The quantitative estimate of drug-likeness (QED) is 0.678. The van der Waals surface area contributed by atoms with E-state index in [4.69, 9.17) is 4.74 Å². The monoisotopic (exact) mass is 463 g/mol. The van der Waals surface area contributed by atoms with Crippen molar-refractivity contribution < 1.29 is 13.5 Å². The van der Waals surface area contributed by atoms with E-state index in [0.717, 1.165) is 17.5 Å². The van der Waals surface area contributed by atoms with E-state index in [1.54, 1.807) is 18.7 Å². The van der Waals surface area contributed by atoms with Crippen LogP contribution in [0.15, 0.2) is 29.3 Å². The largest absolute Gasteiger partial charge is 0.385 e. The number of nitriles is 1. The van der Waals surface area contributed by atoms with E-state index in [1.807, 2.05) is 27.7 Å². The van der Waals surface area contributed by atoms with Crippen LogP contribution in [0.1, 0.15) is 58.2 Å². The fourth-order valence-corrected chi connectivity index (χ4v) is 3.28. The fraction of sp³-hybridized carbons (Fsp3) is 0.542. The van der Waals surface area contributed by atoms with E-state index in [0.29, 0.717) is 22.6 Å². The van der Waals surface area contributed by atoms with Gasteiger partial charge in [0, 0.05) is 43.6 Å². The zero-order chi connectivity index (χ0) is 25.6. The highest BCUT2D eigenvalue weighted by Crippen LogP contribution is 2.32. The minimum absolute atomic E-state index is 0.192. The number of alkyl halides is 2. The lowest BCUT2D eigenvalue weighted by molar-refractivity contribution is 0.0149. The van der Waals surface area contributed by atoms with Gasteiger partial charge in [-0.25, -0.2) is 13.8 Å². The van der Waals surface area contributed by atoms with Gasteiger partial charge in [0.25, 0.3) is 11.5 Å². The van der Waals surface area contributed by atoms with Gasteiger partial charge in [-0.1, -0.05) is 34.3 Å². The van der Waals surface area contributed by atoms with Crippen molar-refractivity contribution in [3.63, 3.8) is 0 Å². The van der Waals surface area contributed by atoms with E-state index in [-0.39, 0.29) is 30.8 Å². The third-order valence-electron chi connectivity index (χ3n) is 5.07. The van der Waals surface area contributed by atoms with Gasteiger partial charge in [-0.05, 0) is 19.9 Å². The van der Waals surface area contributed by atoms with Gasteiger partial charge in [-0.2, -0.15) is 5.26 Å². The van der Waals surface area contributed by atoms with Gasteiger partial charge in [0.05, 0.1) is 18.7 Å². The molecule has 0 amide bonds. The van der Waals surface area contributed by atoms with E-state index in [2.05, 4.69) is 22.9 Å². The first-order valence-corrected chi connectivity index (χ1v) is 11.1. The maximum Gasteiger partial charge on any atom is 0.271 e. The number of rotatable bonds is 6. The third-order valence-corrected chi connectivity index (χ3v) is 5.07. The number of hydrogen-bond acceptors (Lipinski definition) is 6. The van der Waals surface area contributed by atoms with Crippen LogP contribution in [0, 0.1) is 18.3 Å². The second kappa shape index (κ2) is 11.2. The van der Waals surface area contributed by atoms with E-state index >= 15 is 0 Å². The molecule has 1 aliphatic rings. The molecule has 0 aromatic carbocycles. The number of allylic oxidation sites excluding steroid dienone is 1. The van der Waals surface area contributed by atoms with Crippen LogP contribution in [-0.2, 0) is 17.2 Å². The molecule has 0 spiro atoms. The first-order valence-electron chi connectivity index (χ1n) is 11.1. The summed E-state index contributed by atoms with van der Waals surface area (Å²) in [5.41, 5.74) is 0.0746. The van der Waals surface area contributed by atoms with Gasteiger partial charge in [0.15, 0.2) is 5.60 Å². The summed E-state index contributed by atoms with van der Waals surface area (Å²) in [6.45, 7) is 16.6. The highest BCUT2D eigenvalue weighted by atomic mass is 19.3. The molecule has 2 aromatic heterocycles. The number of hydrogen-bond donors (Lipinski definition) is 1. The SMILES string of the molecule is C=C(C)NCc1cc(C(C)(F)F)cn2c(=O)c(C)c(N3CC(C#N)(OC)C3)nc12.CC.CC. The summed E-state index contributed by atoms with van der Waals surface area (Å²) in [7, 11) is 1.46. The minimum Gasteiger partial charge on any atom is -0.385 e. The smallest absolute Gasteiger partial charge is 0.271 e. The summed E-state index contributed by atoms with van der Waals surface area (Å²) >= 11 is 0. The standard InChI is InChI=1S/C20H23F2N5O2.2C2H6/c1-12(2)24-7-14-6-15(19(4,21)22)8-27-17(14)25-16(13(3)18(27)28)26-10-20(9-23,11-26)29-5;2*1-2/h6,8,24H,1,7,10-11H2,2-5H3;2*1-2H3. The summed E-state index contributed by atoms with van der Waals surface area (Å²) in [5.74, 6) is -2.69. The molecule has 3 heterocycles. The van der Waals surface area contributed by atoms with Crippen LogP contribution in [0.25, 0.3) is 5.65 Å². The molecule has 0 aliphatic carbocycles. The number of methoxy groups -OCH3 is 1. The molecule has 3 rings (SSSR count). The number of halogens is 2. The Morgan fingerprint density at radius 2 is 1.94 bits per heavy atom. The number of pyridine rings is 1. The molecule has 7 nitrogen and oxygen atoms in total. The predicted octanol–water partition coefficient (Wildman–Crippen LogP) is 4.52. The van der Waals surface area contributed by atoms with Crippen molar-refractivity contribution in [1.82, 2.24) is 14.7 Å².